The van der Waals surface area contributed by atoms with Crippen LogP contribution in [-0.4, -0.2) is 68.1 Å². The van der Waals surface area contributed by atoms with Crippen LogP contribution in [0.25, 0.3) is 11.7 Å². The van der Waals surface area contributed by atoms with Crippen LogP contribution < -0.4 is 21.3 Å². The number of nitrogens with one attached hydrogen (secondary N) is 4. The van der Waals surface area contributed by atoms with E-state index >= 15 is 0 Å². The second kappa shape index (κ2) is 7.56. The van der Waals surface area contributed by atoms with Gasteiger partial charge in [-0.25, -0.2) is 4.79 Å². The number of likely N-dealkylation sites (tertiary alicyclic amines) is 1. The van der Waals surface area contributed by atoms with Crippen LogP contribution in [0.2, 0.25) is 0 Å². The van der Waals surface area contributed by atoms with Crippen molar-refractivity contribution in [3.05, 3.63) is 17.5 Å². The second-order valence-corrected chi connectivity index (χ2v) is 7.90. The molecule has 2 aromatic heterocycles. The number of carbonyl (C=O) groups excluding carboxylic acids is 2. The van der Waals surface area contributed by atoms with Crippen molar-refractivity contribution in [2.24, 2.45) is 0 Å². The Morgan fingerprint density at radius 1 is 1.23 bits per heavy atom. The van der Waals surface area contributed by atoms with Crippen LogP contribution in [0.15, 0.2) is 11.9 Å². The first kappa shape index (κ1) is 18.8. The predicted molar refractivity (Wildman–Crippen MR) is 111 cm³/mol. The summed E-state index contributed by atoms with van der Waals surface area (Å²) in [6.45, 7) is 5.12. The zero-order chi connectivity index (χ0) is 20.7. The minimum atomic E-state index is -0.534. The van der Waals surface area contributed by atoms with Gasteiger partial charge in [-0.15, -0.1) is 0 Å². The van der Waals surface area contributed by atoms with Crippen LogP contribution in [0.4, 0.5) is 16.7 Å². The van der Waals surface area contributed by atoms with Gasteiger partial charge in [0.25, 0.3) is 5.91 Å². The highest BCUT2D eigenvalue weighted by molar-refractivity contribution is 6.14. The summed E-state index contributed by atoms with van der Waals surface area (Å²) >= 11 is 0. The van der Waals surface area contributed by atoms with Crippen molar-refractivity contribution in [1.29, 1.82) is 0 Å². The van der Waals surface area contributed by atoms with E-state index in [4.69, 9.17) is 0 Å². The average molecular weight is 411 g/mol. The number of hydrogen-bond donors (Lipinski definition) is 4. The fraction of sp³-hybridized carbons (Fsp3) is 0.526. The highest BCUT2D eigenvalue weighted by Crippen LogP contribution is 2.26. The lowest BCUT2D eigenvalue weighted by Gasteiger charge is -2.23. The normalized spacial score (nSPS) is 23.2. The molecular formula is C19H25N9O2. The summed E-state index contributed by atoms with van der Waals surface area (Å²) in [5, 5.41) is 15.9. The third kappa shape index (κ3) is 3.67. The molecule has 3 fully saturated rings. The summed E-state index contributed by atoms with van der Waals surface area (Å²) in [6.07, 6.45) is 7.78. The largest absolute Gasteiger partial charge is 0.352 e. The number of anilines is 2. The maximum Gasteiger partial charge on any atom is 0.326 e. The Kier molecular flexibility index (Phi) is 4.74. The molecule has 158 valence electrons. The summed E-state index contributed by atoms with van der Waals surface area (Å²) in [4.78, 5) is 35.1. The molecule has 0 bridgehead atoms. The number of nitrogens with zero attached hydrogens (tertiary/aromatic N) is 5. The summed E-state index contributed by atoms with van der Waals surface area (Å²) < 4.78 is 1.64. The van der Waals surface area contributed by atoms with Gasteiger partial charge in [0.15, 0.2) is 5.65 Å². The highest BCUT2D eigenvalue weighted by Gasteiger charge is 2.27. The number of fused-ring (bicyclic) bond motifs is 1. The van der Waals surface area contributed by atoms with Crippen LogP contribution in [0.5, 0.6) is 0 Å². The van der Waals surface area contributed by atoms with E-state index in [-0.39, 0.29) is 5.70 Å². The SMILES string of the molecule is CCN1CCCC1CNc1nc(NC2CC2)n2ncc(/C=C3\NC(=O)NC3=O)c2n1. The molecule has 2 aliphatic heterocycles. The molecule has 3 amide bonds. The third-order valence-electron chi connectivity index (χ3n) is 5.73. The van der Waals surface area contributed by atoms with Gasteiger partial charge in [-0.05, 0) is 44.8 Å². The molecule has 4 N–H and O–H groups in total. The van der Waals surface area contributed by atoms with E-state index in [0.29, 0.717) is 35.2 Å². The first-order chi connectivity index (χ1) is 14.6. The molecule has 0 aromatic carbocycles. The zero-order valence-corrected chi connectivity index (χ0v) is 16.8. The maximum absolute atomic E-state index is 11.9. The summed E-state index contributed by atoms with van der Waals surface area (Å²) in [6, 6.07) is 0.332. The topological polar surface area (TPSA) is 129 Å². The quantitative estimate of drug-likeness (QED) is 0.389. The molecule has 1 aliphatic carbocycles. The number of carbonyl (C=O) groups is 2. The Bertz CT molecular complexity index is 1030. The van der Waals surface area contributed by atoms with E-state index in [0.717, 1.165) is 38.9 Å². The van der Waals surface area contributed by atoms with Crippen molar-refractivity contribution < 1.29 is 9.59 Å². The minimum Gasteiger partial charge on any atom is -0.352 e. The summed E-state index contributed by atoms with van der Waals surface area (Å²) in [5.41, 5.74) is 1.36. The lowest BCUT2D eigenvalue weighted by Crippen LogP contribution is -2.35. The van der Waals surface area contributed by atoms with Crippen LogP contribution in [-0.2, 0) is 4.79 Å². The molecule has 1 unspecified atom stereocenters. The Balaban J connectivity index is 1.45. The number of hydrogen-bond acceptors (Lipinski definition) is 8. The Labute approximate surface area is 173 Å². The van der Waals surface area contributed by atoms with Gasteiger partial charge >= 0.3 is 6.03 Å². The van der Waals surface area contributed by atoms with Gasteiger partial charge in [0.05, 0.1) is 6.20 Å². The highest BCUT2D eigenvalue weighted by atomic mass is 16.2. The minimum absolute atomic E-state index is 0.171. The van der Waals surface area contributed by atoms with Gasteiger partial charge < -0.3 is 16.0 Å². The van der Waals surface area contributed by atoms with E-state index in [1.165, 1.54) is 6.42 Å². The summed E-state index contributed by atoms with van der Waals surface area (Å²) in [5.74, 6) is 0.672. The maximum atomic E-state index is 11.9. The molecule has 30 heavy (non-hydrogen) atoms. The van der Waals surface area contributed by atoms with Gasteiger partial charge in [0, 0.05) is 24.2 Å². The Hall–Kier alpha value is -3.21. The smallest absolute Gasteiger partial charge is 0.326 e. The number of amides is 3. The molecule has 0 radical (unpaired) electrons. The Morgan fingerprint density at radius 3 is 2.83 bits per heavy atom. The molecule has 2 saturated heterocycles. The first-order valence-corrected chi connectivity index (χ1v) is 10.4. The number of aromatic nitrogens is 4. The van der Waals surface area contributed by atoms with Crippen molar-refractivity contribution in [3.8, 4) is 0 Å². The predicted octanol–water partition coefficient (Wildman–Crippen LogP) is 0.775. The number of likely N-dealkylation sites (N-methyl/N-ethyl adjacent to an activating group) is 1. The lowest BCUT2D eigenvalue weighted by atomic mass is 10.2. The third-order valence-corrected chi connectivity index (χ3v) is 5.73. The number of urea groups is 1. The van der Waals surface area contributed by atoms with Gasteiger partial charge in [0.2, 0.25) is 11.9 Å². The molecule has 1 atom stereocenters. The van der Waals surface area contributed by atoms with Gasteiger partial charge in [-0.3, -0.25) is 15.0 Å². The fourth-order valence-electron chi connectivity index (χ4n) is 3.97. The van der Waals surface area contributed by atoms with E-state index in [1.807, 2.05) is 0 Å². The fourth-order valence-corrected chi connectivity index (χ4v) is 3.97. The van der Waals surface area contributed by atoms with E-state index in [2.05, 4.69) is 48.2 Å². The molecule has 11 heteroatoms. The van der Waals surface area contributed by atoms with Crippen molar-refractivity contribution in [2.45, 2.75) is 44.7 Å². The average Bonchev–Trinajstić information content (AvgIpc) is 3.13. The van der Waals surface area contributed by atoms with Crippen molar-refractivity contribution in [3.63, 3.8) is 0 Å². The van der Waals surface area contributed by atoms with Crippen molar-refractivity contribution >= 4 is 35.6 Å². The second-order valence-electron chi connectivity index (χ2n) is 7.90. The van der Waals surface area contributed by atoms with Crippen molar-refractivity contribution in [1.82, 2.24) is 35.1 Å². The van der Waals surface area contributed by atoms with Crippen LogP contribution >= 0.6 is 0 Å². The lowest BCUT2D eigenvalue weighted by molar-refractivity contribution is -0.115. The van der Waals surface area contributed by atoms with Gasteiger partial charge in [-0.1, -0.05) is 6.92 Å². The van der Waals surface area contributed by atoms with Gasteiger partial charge in [0.1, 0.15) is 5.70 Å². The molecular weight excluding hydrogens is 386 g/mol. The molecule has 3 aliphatic rings. The van der Waals surface area contributed by atoms with Crippen LogP contribution in [0.1, 0.15) is 38.2 Å². The zero-order valence-electron chi connectivity index (χ0n) is 16.8. The standard InChI is InChI=1S/C19H25N9O2/c1-2-27-7-3-4-13(27)10-20-17-24-15-11(8-14-16(29)25-19(30)23-14)9-21-28(15)18(26-17)22-12-5-6-12/h8-9,12-13H,2-7,10H2,1H3,(H2,20,22,24,26)(H2,23,25,29,30)/b14-8-. The van der Waals surface area contributed by atoms with E-state index < -0.39 is 11.9 Å². The molecule has 1 saturated carbocycles. The Morgan fingerprint density at radius 2 is 2.10 bits per heavy atom. The van der Waals surface area contributed by atoms with Crippen molar-refractivity contribution in [2.75, 3.05) is 30.3 Å². The molecule has 11 nitrogen and oxygen atoms in total. The molecule has 4 heterocycles. The monoisotopic (exact) mass is 411 g/mol. The van der Waals surface area contributed by atoms with Gasteiger partial charge in [-0.2, -0.15) is 19.6 Å². The van der Waals surface area contributed by atoms with Crippen LogP contribution in [0, 0.1) is 0 Å². The van der Waals surface area contributed by atoms with E-state index in [9.17, 15) is 9.59 Å². The molecule has 2 aromatic rings. The molecule has 0 spiro atoms. The number of rotatable bonds is 7. The first-order valence-electron chi connectivity index (χ1n) is 10.4. The van der Waals surface area contributed by atoms with E-state index in [1.54, 1.807) is 16.8 Å². The summed E-state index contributed by atoms with van der Waals surface area (Å²) in [7, 11) is 0. The molecule has 5 rings (SSSR count). The van der Waals surface area contributed by atoms with Crippen LogP contribution in [0.3, 0.4) is 0 Å². The number of imide groups is 1.